The lowest BCUT2D eigenvalue weighted by atomic mass is 9.45. The molecule has 0 radical (unpaired) electrons. The van der Waals surface area contributed by atoms with Crippen molar-refractivity contribution >= 4 is 5.97 Å². The zero-order valence-electron chi connectivity index (χ0n) is 14.4. The second kappa shape index (κ2) is 5.57. The molecule has 0 aromatic carbocycles. The third-order valence-electron chi connectivity index (χ3n) is 6.47. The fraction of sp³-hybridized carbons (Fsp3) is 0.944. The van der Waals surface area contributed by atoms with E-state index in [0.717, 1.165) is 19.3 Å². The van der Waals surface area contributed by atoms with Gasteiger partial charge in [0.05, 0.1) is 12.2 Å². The maximum atomic E-state index is 11.0. The van der Waals surface area contributed by atoms with Gasteiger partial charge in [-0.05, 0) is 61.7 Å². The standard InChI is InChI=1S/C18H32O3/c1-13(19)21-12-8-15-17(4)10-6-9-16(2,3)14(17)7-11-18(15,5)20/h14-15,20H,6-12H2,1-5H3/t14?,15-,17+,18-/m1/s1. The van der Waals surface area contributed by atoms with Crippen LogP contribution in [0.3, 0.4) is 0 Å². The average molecular weight is 296 g/mol. The summed E-state index contributed by atoms with van der Waals surface area (Å²) in [6.07, 6.45) is 6.45. The third-order valence-corrected chi connectivity index (χ3v) is 6.47. The minimum absolute atomic E-state index is 0.156. The first-order valence-electron chi connectivity index (χ1n) is 8.45. The Labute approximate surface area is 129 Å². The predicted molar refractivity (Wildman–Crippen MR) is 83.8 cm³/mol. The number of esters is 1. The number of rotatable bonds is 3. The van der Waals surface area contributed by atoms with Crippen LogP contribution in [-0.2, 0) is 9.53 Å². The number of ether oxygens (including phenoxy) is 1. The minimum atomic E-state index is -0.640. The van der Waals surface area contributed by atoms with Crippen LogP contribution in [0.25, 0.3) is 0 Å². The number of aliphatic hydroxyl groups is 1. The SMILES string of the molecule is CC(=O)OCC[C@@H]1[C@@]2(C)CCCC(C)(C)C2CC[C@@]1(C)O. The van der Waals surface area contributed by atoms with Crippen LogP contribution in [0.4, 0.5) is 0 Å². The molecule has 0 aliphatic heterocycles. The summed E-state index contributed by atoms with van der Waals surface area (Å²) in [5, 5.41) is 10.9. The van der Waals surface area contributed by atoms with Crippen molar-refractivity contribution in [2.75, 3.05) is 6.61 Å². The smallest absolute Gasteiger partial charge is 0.302 e. The summed E-state index contributed by atoms with van der Waals surface area (Å²) in [5.41, 5.74) is -0.133. The Morgan fingerprint density at radius 1 is 1.19 bits per heavy atom. The summed E-state index contributed by atoms with van der Waals surface area (Å²) >= 11 is 0. The molecule has 2 aliphatic carbocycles. The normalized spacial score (nSPS) is 42.2. The van der Waals surface area contributed by atoms with Gasteiger partial charge in [0.25, 0.3) is 0 Å². The van der Waals surface area contributed by atoms with Gasteiger partial charge in [0.15, 0.2) is 0 Å². The first kappa shape index (κ1) is 16.8. The summed E-state index contributed by atoms with van der Waals surface area (Å²) < 4.78 is 5.16. The van der Waals surface area contributed by atoms with Crippen LogP contribution in [0.1, 0.15) is 73.1 Å². The molecule has 2 fully saturated rings. The van der Waals surface area contributed by atoms with Crippen molar-refractivity contribution in [2.45, 2.75) is 78.7 Å². The van der Waals surface area contributed by atoms with E-state index in [1.165, 1.54) is 26.2 Å². The van der Waals surface area contributed by atoms with Gasteiger partial charge in [-0.3, -0.25) is 4.79 Å². The molecule has 0 bridgehead atoms. The van der Waals surface area contributed by atoms with Crippen molar-refractivity contribution in [2.24, 2.45) is 22.7 Å². The van der Waals surface area contributed by atoms with Crippen molar-refractivity contribution in [1.82, 2.24) is 0 Å². The highest BCUT2D eigenvalue weighted by atomic mass is 16.5. The van der Waals surface area contributed by atoms with Crippen LogP contribution >= 0.6 is 0 Å². The molecule has 3 nitrogen and oxygen atoms in total. The summed E-state index contributed by atoms with van der Waals surface area (Å²) in [5.74, 6) is 0.639. The fourth-order valence-electron chi connectivity index (χ4n) is 5.59. The number of fused-ring (bicyclic) bond motifs is 1. The highest BCUT2D eigenvalue weighted by Crippen LogP contribution is 2.62. The molecule has 0 heterocycles. The monoisotopic (exact) mass is 296 g/mol. The molecule has 0 aromatic heterocycles. The quantitative estimate of drug-likeness (QED) is 0.803. The molecule has 3 heteroatoms. The molecule has 21 heavy (non-hydrogen) atoms. The first-order valence-corrected chi connectivity index (χ1v) is 8.45. The molecule has 0 saturated heterocycles. The molecule has 2 aliphatic rings. The number of carbonyl (C=O) groups excluding carboxylic acids is 1. The Hall–Kier alpha value is -0.570. The van der Waals surface area contributed by atoms with E-state index >= 15 is 0 Å². The second-order valence-corrected chi connectivity index (χ2v) is 8.48. The van der Waals surface area contributed by atoms with Crippen LogP contribution in [-0.4, -0.2) is 23.3 Å². The minimum Gasteiger partial charge on any atom is -0.466 e. The van der Waals surface area contributed by atoms with E-state index in [1.807, 2.05) is 6.92 Å². The maximum absolute atomic E-state index is 11.0. The summed E-state index contributed by atoms with van der Waals surface area (Å²) in [6, 6.07) is 0. The molecule has 1 N–H and O–H groups in total. The predicted octanol–water partition coefficient (Wildman–Crippen LogP) is 3.93. The first-order chi connectivity index (χ1) is 9.59. The van der Waals surface area contributed by atoms with Gasteiger partial charge >= 0.3 is 5.97 Å². The molecule has 0 amide bonds. The maximum Gasteiger partial charge on any atom is 0.302 e. The van der Waals surface area contributed by atoms with Crippen LogP contribution in [0.15, 0.2) is 0 Å². The van der Waals surface area contributed by atoms with Gasteiger partial charge in [0, 0.05) is 6.92 Å². The molecule has 4 atom stereocenters. The molecule has 0 spiro atoms. The van der Waals surface area contributed by atoms with Crippen LogP contribution in [0.2, 0.25) is 0 Å². The summed E-state index contributed by atoms with van der Waals surface area (Å²) in [6.45, 7) is 11.0. The van der Waals surface area contributed by atoms with Crippen molar-refractivity contribution < 1.29 is 14.6 Å². The van der Waals surface area contributed by atoms with E-state index in [0.29, 0.717) is 17.9 Å². The van der Waals surface area contributed by atoms with E-state index in [4.69, 9.17) is 4.74 Å². The number of hydrogen-bond acceptors (Lipinski definition) is 3. The lowest BCUT2D eigenvalue weighted by Gasteiger charge is -2.61. The van der Waals surface area contributed by atoms with Crippen LogP contribution in [0.5, 0.6) is 0 Å². The van der Waals surface area contributed by atoms with Crippen molar-refractivity contribution in [3.8, 4) is 0 Å². The Kier molecular flexibility index (Phi) is 4.45. The highest BCUT2D eigenvalue weighted by molar-refractivity contribution is 5.65. The highest BCUT2D eigenvalue weighted by Gasteiger charge is 2.57. The molecule has 0 aromatic rings. The summed E-state index contributed by atoms with van der Waals surface area (Å²) in [4.78, 5) is 11.0. The summed E-state index contributed by atoms with van der Waals surface area (Å²) in [7, 11) is 0. The van der Waals surface area contributed by atoms with Gasteiger partial charge in [0.2, 0.25) is 0 Å². The van der Waals surface area contributed by atoms with E-state index in [2.05, 4.69) is 20.8 Å². The van der Waals surface area contributed by atoms with Gasteiger partial charge in [-0.1, -0.05) is 27.2 Å². The Balaban J connectivity index is 2.22. The van der Waals surface area contributed by atoms with Gasteiger partial charge < -0.3 is 9.84 Å². The fourth-order valence-corrected chi connectivity index (χ4v) is 5.59. The van der Waals surface area contributed by atoms with E-state index in [9.17, 15) is 9.90 Å². The molecule has 2 rings (SSSR count). The topological polar surface area (TPSA) is 46.5 Å². The van der Waals surface area contributed by atoms with E-state index in [-0.39, 0.29) is 17.3 Å². The van der Waals surface area contributed by atoms with Crippen molar-refractivity contribution in [1.29, 1.82) is 0 Å². The average Bonchev–Trinajstić information content (AvgIpc) is 2.31. The lowest BCUT2D eigenvalue weighted by Crippen LogP contribution is -2.57. The number of carbonyl (C=O) groups is 1. The van der Waals surface area contributed by atoms with Gasteiger partial charge in [-0.25, -0.2) is 0 Å². The Morgan fingerprint density at radius 2 is 1.86 bits per heavy atom. The van der Waals surface area contributed by atoms with E-state index < -0.39 is 5.60 Å². The largest absolute Gasteiger partial charge is 0.466 e. The lowest BCUT2D eigenvalue weighted by molar-refractivity contribution is -0.175. The molecule has 2 saturated carbocycles. The molecule has 122 valence electrons. The van der Waals surface area contributed by atoms with Gasteiger partial charge in [-0.2, -0.15) is 0 Å². The molecule has 1 unspecified atom stereocenters. The second-order valence-electron chi connectivity index (χ2n) is 8.48. The van der Waals surface area contributed by atoms with E-state index in [1.54, 1.807) is 0 Å². The zero-order chi connectivity index (χ0) is 15.9. The molecular weight excluding hydrogens is 264 g/mol. The van der Waals surface area contributed by atoms with Crippen molar-refractivity contribution in [3.05, 3.63) is 0 Å². The Bertz CT molecular complexity index is 399. The van der Waals surface area contributed by atoms with Gasteiger partial charge in [-0.15, -0.1) is 0 Å². The van der Waals surface area contributed by atoms with Crippen LogP contribution < -0.4 is 0 Å². The van der Waals surface area contributed by atoms with Gasteiger partial charge in [0.1, 0.15) is 0 Å². The third kappa shape index (κ3) is 3.13. The molecular formula is C18H32O3. The Morgan fingerprint density at radius 3 is 2.48 bits per heavy atom. The number of hydrogen-bond donors (Lipinski definition) is 1. The van der Waals surface area contributed by atoms with Crippen LogP contribution in [0, 0.1) is 22.7 Å². The van der Waals surface area contributed by atoms with Crippen molar-refractivity contribution in [3.63, 3.8) is 0 Å². The zero-order valence-corrected chi connectivity index (χ0v) is 14.4.